The van der Waals surface area contributed by atoms with E-state index in [0.717, 1.165) is 21.6 Å². The third-order valence-electron chi connectivity index (χ3n) is 5.67. The van der Waals surface area contributed by atoms with Crippen molar-refractivity contribution in [2.75, 3.05) is 17.3 Å². The van der Waals surface area contributed by atoms with Crippen LogP contribution in [0.2, 0.25) is 5.02 Å². The van der Waals surface area contributed by atoms with Crippen LogP contribution in [0.1, 0.15) is 55.5 Å². The molecule has 7 nitrogen and oxygen atoms in total. The van der Waals surface area contributed by atoms with Gasteiger partial charge in [-0.3, -0.25) is 14.5 Å². The summed E-state index contributed by atoms with van der Waals surface area (Å²) in [5.41, 5.74) is 2.78. The zero-order chi connectivity index (χ0) is 28.6. The van der Waals surface area contributed by atoms with Crippen LogP contribution in [0, 0.1) is 33.2 Å². The SMILES string of the molecule is C#CN(C(=O)C(CCSC)NC(=O)OC(C)(C)C)C(C(=O)Nc1c(C)cccc1Cl)c1ccc(C)cc1C. The summed E-state index contributed by atoms with van der Waals surface area (Å²) in [6, 6.07) is 11.1. The first kappa shape index (κ1) is 31.1. The number of thioether (sulfide) groups is 1. The maximum absolute atomic E-state index is 13.9. The predicted octanol–water partition coefficient (Wildman–Crippen LogP) is 6.01. The number of benzene rings is 2. The molecule has 204 valence electrons. The molecule has 0 heterocycles. The molecule has 3 amide bonds. The number of hydrogen-bond acceptors (Lipinski definition) is 5. The fourth-order valence-electron chi connectivity index (χ4n) is 3.89. The average molecular weight is 558 g/mol. The van der Waals surface area contributed by atoms with Gasteiger partial charge in [0.05, 0.1) is 10.7 Å². The summed E-state index contributed by atoms with van der Waals surface area (Å²) in [6.07, 6.45) is 7.33. The Labute approximate surface area is 235 Å². The first-order valence-corrected chi connectivity index (χ1v) is 14.0. The lowest BCUT2D eigenvalue weighted by atomic mass is 9.96. The highest BCUT2D eigenvalue weighted by atomic mass is 35.5. The molecule has 0 aliphatic rings. The van der Waals surface area contributed by atoms with E-state index in [1.165, 1.54) is 11.8 Å². The molecule has 0 fully saturated rings. The number of halogens is 1. The minimum Gasteiger partial charge on any atom is -0.444 e. The summed E-state index contributed by atoms with van der Waals surface area (Å²) in [4.78, 5) is 41.3. The van der Waals surface area contributed by atoms with Crippen LogP contribution in [0.25, 0.3) is 0 Å². The largest absolute Gasteiger partial charge is 0.444 e. The highest BCUT2D eigenvalue weighted by Gasteiger charge is 2.36. The smallest absolute Gasteiger partial charge is 0.408 e. The summed E-state index contributed by atoms with van der Waals surface area (Å²) in [7, 11) is 0. The number of ether oxygens (including phenoxy) is 1. The van der Waals surface area contributed by atoms with Gasteiger partial charge in [-0.05, 0) is 82.7 Å². The second-order valence-corrected chi connectivity index (χ2v) is 11.4. The Morgan fingerprint density at radius 3 is 2.37 bits per heavy atom. The molecule has 2 aromatic carbocycles. The number of carbonyl (C=O) groups excluding carboxylic acids is 3. The van der Waals surface area contributed by atoms with Crippen molar-refractivity contribution in [2.24, 2.45) is 0 Å². The van der Waals surface area contributed by atoms with Crippen LogP contribution in [0.5, 0.6) is 0 Å². The van der Waals surface area contributed by atoms with Gasteiger partial charge in [-0.15, -0.1) is 0 Å². The van der Waals surface area contributed by atoms with Gasteiger partial charge >= 0.3 is 6.09 Å². The fourth-order valence-corrected chi connectivity index (χ4v) is 4.63. The first-order valence-electron chi connectivity index (χ1n) is 12.2. The van der Waals surface area contributed by atoms with Crippen molar-refractivity contribution in [3.8, 4) is 12.5 Å². The molecule has 0 aliphatic heterocycles. The number of nitrogens with zero attached hydrogens (tertiary/aromatic N) is 1. The van der Waals surface area contributed by atoms with E-state index in [2.05, 4.69) is 16.7 Å². The quantitative estimate of drug-likeness (QED) is 0.291. The molecule has 0 spiro atoms. The van der Waals surface area contributed by atoms with Gasteiger partial charge in [0.1, 0.15) is 17.7 Å². The van der Waals surface area contributed by atoms with Crippen LogP contribution >= 0.6 is 23.4 Å². The van der Waals surface area contributed by atoms with Crippen molar-refractivity contribution < 1.29 is 19.1 Å². The van der Waals surface area contributed by atoms with E-state index in [9.17, 15) is 14.4 Å². The topological polar surface area (TPSA) is 87.7 Å². The number of nitrogens with one attached hydrogen (secondary N) is 2. The van der Waals surface area contributed by atoms with Crippen molar-refractivity contribution in [3.63, 3.8) is 0 Å². The minimum atomic E-state index is -1.18. The van der Waals surface area contributed by atoms with E-state index in [1.54, 1.807) is 39.0 Å². The molecule has 0 saturated carbocycles. The highest BCUT2D eigenvalue weighted by Crippen LogP contribution is 2.31. The molecule has 9 heteroatoms. The second-order valence-electron chi connectivity index (χ2n) is 10.0. The van der Waals surface area contributed by atoms with Gasteiger partial charge < -0.3 is 15.4 Å². The number of carbonyl (C=O) groups is 3. The van der Waals surface area contributed by atoms with E-state index < -0.39 is 35.6 Å². The zero-order valence-electron chi connectivity index (χ0n) is 23.0. The number of hydrogen-bond donors (Lipinski definition) is 2. The van der Waals surface area contributed by atoms with Gasteiger partial charge in [0.15, 0.2) is 0 Å². The van der Waals surface area contributed by atoms with Gasteiger partial charge in [-0.25, -0.2) is 4.79 Å². The van der Waals surface area contributed by atoms with E-state index in [1.807, 2.05) is 45.2 Å². The van der Waals surface area contributed by atoms with Gasteiger partial charge in [0, 0.05) is 6.04 Å². The van der Waals surface area contributed by atoms with Gasteiger partial charge in [-0.2, -0.15) is 11.8 Å². The molecule has 0 aromatic heterocycles. The van der Waals surface area contributed by atoms with Crippen LogP contribution in [0.3, 0.4) is 0 Å². The van der Waals surface area contributed by atoms with Crippen LogP contribution in [0.4, 0.5) is 10.5 Å². The number of anilines is 1. The lowest BCUT2D eigenvalue weighted by Gasteiger charge is -2.31. The summed E-state index contributed by atoms with van der Waals surface area (Å²) in [5, 5.41) is 5.87. The Balaban J connectivity index is 2.54. The number of para-hydroxylation sites is 1. The maximum atomic E-state index is 13.9. The number of terminal acetylenes is 1. The molecule has 2 N–H and O–H groups in total. The molecular weight excluding hydrogens is 522 g/mol. The number of aryl methyl sites for hydroxylation is 3. The van der Waals surface area contributed by atoms with Gasteiger partial charge in [-0.1, -0.05) is 53.9 Å². The normalized spacial score (nSPS) is 12.6. The first-order chi connectivity index (χ1) is 17.8. The van der Waals surface area contributed by atoms with Crippen molar-refractivity contribution in [1.82, 2.24) is 10.2 Å². The molecule has 2 aromatic rings. The van der Waals surface area contributed by atoms with E-state index in [-0.39, 0.29) is 0 Å². The Morgan fingerprint density at radius 2 is 1.82 bits per heavy atom. The van der Waals surface area contributed by atoms with Gasteiger partial charge in [0.2, 0.25) is 0 Å². The number of amides is 3. The van der Waals surface area contributed by atoms with Crippen molar-refractivity contribution in [2.45, 2.75) is 65.6 Å². The summed E-state index contributed by atoms with van der Waals surface area (Å²) in [5.74, 6) is -0.548. The molecule has 2 rings (SSSR count). The third-order valence-corrected chi connectivity index (χ3v) is 6.63. The lowest BCUT2D eigenvalue weighted by molar-refractivity contribution is -0.136. The molecule has 0 aliphatic carbocycles. The fraction of sp³-hybridized carbons (Fsp3) is 0.414. The van der Waals surface area contributed by atoms with Crippen LogP contribution in [-0.2, 0) is 14.3 Å². The summed E-state index contributed by atoms with van der Waals surface area (Å²) < 4.78 is 5.37. The van der Waals surface area contributed by atoms with E-state index in [0.29, 0.717) is 28.4 Å². The average Bonchev–Trinajstić information content (AvgIpc) is 2.81. The Bertz CT molecular complexity index is 1200. The number of rotatable bonds is 9. The molecular formula is C29H36ClN3O4S. The third kappa shape index (κ3) is 8.44. The van der Waals surface area contributed by atoms with Crippen LogP contribution in [0.15, 0.2) is 36.4 Å². The summed E-state index contributed by atoms with van der Waals surface area (Å²) >= 11 is 7.89. The van der Waals surface area contributed by atoms with Crippen LogP contribution in [-0.4, -0.2) is 46.5 Å². The van der Waals surface area contributed by atoms with E-state index >= 15 is 0 Å². The molecule has 38 heavy (non-hydrogen) atoms. The Kier molecular flexibility index (Phi) is 11.1. The summed E-state index contributed by atoms with van der Waals surface area (Å²) in [6.45, 7) is 10.8. The van der Waals surface area contributed by atoms with Crippen molar-refractivity contribution >= 4 is 47.0 Å². The lowest BCUT2D eigenvalue weighted by Crippen LogP contribution is -2.51. The predicted molar refractivity (Wildman–Crippen MR) is 155 cm³/mol. The zero-order valence-corrected chi connectivity index (χ0v) is 24.5. The molecule has 0 bridgehead atoms. The second kappa shape index (κ2) is 13.6. The molecule has 2 unspecified atom stereocenters. The van der Waals surface area contributed by atoms with Crippen LogP contribution < -0.4 is 10.6 Å². The maximum Gasteiger partial charge on any atom is 0.408 e. The van der Waals surface area contributed by atoms with Crippen molar-refractivity contribution in [1.29, 1.82) is 0 Å². The molecule has 0 radical (unpaired) electrons. The van der Waals surface area contributed by atoms with Crippen molar-refractivity contribution in [3.05, 3.63) is 63.7 Å². The Hall–Kier alpha value is -3.15. The van der Waals surface area contributed by atoms with Gasteiger partial charge in [0.25, 0.3) is 11.8 Å². The minimum absolute atomic E-state index is 0.294. The standard InChI is InChI=1S/C29H36ClN3O4S/c1-9-33(27(35)23(15-16-38-8)31-28(36)37-29(5,6)7)25(21-14-13-18(2)17-20(21)4)26(34)32-24-19(3)11-10-12-22(24)30/h1,10-14,17,23,25H,15-16H2,2-8H3,(H,31,36)(H,32,34). The van der Waals surface area contributed by atoms with E-state index in [4.69, 9.17) is 22.8 Å². The number of alkyl carbamates (subject to hydrolysis) is 1. The molecule has 2 atom stereocenters. The monoisotopic (exact) mass is 557 g/mol. The highest BCUT2D eigenvalue weighted by molar-refractivity contribution is 7.98. The Morgan fingerprint density at radius 1 is 1.13 bits per heavy atom. The molecule has 0 saturated heterocycles.